The van der Waals surface area contributed by atoms with Crippen LogP contribution in [0.1, 0.15) is 0 Å². The van der Waals surface area contributed by atoms with E-state index in [1.165, 1.54) is 18.2 Å². The van der Waals surface area contributed by atoms with Crippen LogP contribution in [0, 0.1) is 0 Å². The molecular weight excluding hydrogens is 499 g/mol. The first-order valence-corrected chi connectivity index (χ1v) is 11.5. The summed E-state index contributed by atoms with van der Waals surface area (Å²) in [7, 11) is -9.64. The molecule has 12 heteroatoms. The molecule has 0 fully saturated rings. The second-order valence-electron chi connectivity index (χ2n) is 6.59. The molecule has 163 valence electrons. The molecule has 0 aliphatic rings. The van der Waals surface area contributed by atoms with Crippen LogP contribution in [0.5, 0.6) is 5.75 Å². The van der Waals surface area contributed by atoms with Gasteiger partial charge in [0.1, 0.15) is 15.0 Å². The van der Waals surface area contributed by atoms with Crippen molar-refractivity contribution in [3.63, 3.8) is 0 Å². The van der Waals surface area contributed by atoms with E-state index in [0.29, 0.717) is 5.39 Å². The van der Waals surface area contributed by atoms with Crippen LogP contribution in [0.2, 0.25) is 0 Å². The zero-order chi connectivity index (χ0) is 22.4. The molecule has 0 saturated heterocycles. The molecule has 4 aromatic carbocycles. The summed E-state index contributed by atoms with van der Waals surface area (Å²) in [6.07, 6.45) is 0. The fourth-order valence-corrected chi connectivity index (χ4v) is 4.38. The molecule has 1 radical (unpaired) electrons. The van der Waals surface area contributed by atoms with E-state index in [4.69, 9.17) is 0 Å². The first-order valence-electron chi connectivity index (χ1n) is 8.66. The normalized spacial score (nSPS) is 12.3. The van der Waals surface area contributed by atoms with Crippen LogP contribution < -0.4 is 5.11 Å². The molecule has 0 aliphatic carbocycles. The first kappa shape index (κ1) is 23.8. The standard InChI is InChI=1S/C20H14N2O7S2.Mn/c23-18-8-6-12-3-1-2-4-16(12)20(18)22-21-14-9-13-5-7-15(30(24,25)26)11-17(13)19(10-14)31(27,28)29;/h1-11,23H,(H,24,25,26)(H,27,28,29);/q;+2/p-2. The van der Waals surface area contributed by atoms with Gasteiger partial charge in [-0.3, -0.25) is 4.55 Å². The van der Waals surface area contributed by atoms with Crippen LogP contribution in [0.25, 0.3) is 21.5 Å². The average Bonchev–Trinajstić information content (AvgIpc) is 2.70. The third kappa shape index (κ3) is 4.65. The molecule has 0 saturated carbocycles. The molecule has 9 nitrogen and oxygen atoms in total. The number of rotatable bonds is 4. The Labute approximate surface area is 193 Å². The fourth-order valence-electron chi connectivity index (χ4n) is 3.16. The van der Waals surface area contributed by atoms with Crippen molar-refractivity contribution in [3.8, 4) is 5.75 Å². The van der Waals surface area contributed by atoms with Gasteiger partial charge < -0.3 is 9.66 Å². The summed E-state index contributed by atoms with van der Waals surface area (Å²) in [5, 5.41) is 21.5. The van der Waals surface area contributed by atoms with Crippen LogP contribution in [-0.2, 0) is 37.3 Å². The van der Waals surface area contributed by atoms with Gasteiger partial charge in [-0.1, -0.05) is 48.2 Å². The van der Waals surface area contributed by atoms with Gasteiger partial charge in [-0.05, 0) is 35.0 Å². The average molecular weight is 511 g/mol. The molecule has 0 bridgehead atoms. The minimum absolute atomic E-state index is 0. The molecule has 0 unspecified atom stereocenters. The SMILES string of the molecule is O=S(=O)([O-])c1ccc2cc(N=Nc3c([O-])ccc4ccccc34)cc(S(=O)(=O)O)c2c1.[Mn+2]. The Morgan fingerprint density at radius 3 is 2.16 bits per heavy atom. The molecule has 0 aliphatic heterocycles. The molecule has 4 rings (SSSR count). The van der Waals surface area contributed by atoms with E-state index in [1.54, 1.807) is 30.3 Å². The zero-order valence-electron chi connectivity index (χ0n) is 15.8. The van der Waals surface area contributed by atoms with E-state index in [9.17, 15) is 31.0 Å². The summed E-state index contributed by atoms with van der Waals surface area (Å²) in [5.74, 6) is -0.386. The van der Waals surface area contributed by atoms with Crippen LogP contribution in [0.4, 0.5) is 11.4 Å². The van der Waals surface area contributed by atoms with Crippen molar-refractivity contribution in [2.75, 3.05) is 0 Å². The van der Waals surface area contributed by atoms with Gasteiger partial charge in [-0.15, -0.1) is 0 Å². The van der Waals surface area contributed by atoms with Gasteiger partial charge >= 0.3 is 17.1 Å². The van der Waals surface area contributed by atoms with E-state index in [1.807, 2.05) is 0 Å². The van der Waals surface area contributed by atoms with E-state index >= 15 is 0 Å². The topological polar surface area (TPSA) is 159 Å². The second kappa shape index (κ2) is 8.58. The largest absolute Gasteiger partial charge is 2.00 e. The van der Waals surface area contributed by atoms with Gasteiger partial charge in [0, 0.05) is 10.8 Å². The quantitative estimate of drug-likeness (QED) is 0.249. The van der Waals surface area contributed by atoms with Gasteiger partial charge in [-0.2, -0.15) is 18.6 Å². The van der Waals surface area contributed by atoms with Gasteiger partial charge in [-0.25, -0.2) is 8.42 Å². The smallest absolute Gasteiger partial charge is 0.871 e. The maximum absolute atomic E-state index is 12.2. The third-order valence-corrected chi connectivity index (χ3v) is 6.29. The van der Waals surface area contributed by atoms with Crippen LogP contribution in [-0.4, -0.2) is 25.9 Å². The Morgan fingerprint density at radius 2 is 1.47 bits per heavy atom. The van der Waals surface area contributed by atoms with Crippen molar-refractivity contribution in [3.05, 3.63) is 66.7 Å². The minimum atomic E-state index is -4.84. The zero-order valence-corrected chi connectivity index (χ0v) is 18.6. The van der Waals surface area contributed by atoms with Gasteiger partial charge in [0.25, 0.3) is 10.1 Å². The van der Waals surface area contributed by atoms with Crippen LogP contribution in [0.3, 0.4) is 0 Å². The van der Waals surface area contributed by atoms with Crippen molar-refractivity contribution in [2.24, 2.45) is 10.2 Å². The summed E-state index contributed by atoms with van der Waals surface area (Å²) >= 11 is 0. The summed E-state index contributed by atoms with van der Waals surface area (Å²) in [5.41, 5.74) is 0.0459. The van der Waals surface area contributed by atoms with Crippen LogP contribution >= 0.6 is 0 Å². The number of benzene rings is 4. The summed E-state index contributed by atoms with van der Waals surface area (Å²) < 4.78 is 67.2. The van der Waals surface area contributed by atoms with Gasteiger partial charge in [0.05, 0.1) is 16.3 Å². The summed E-state index contributed by atoms with van der Waals surface area (Å²) in [4.78, 5) is -1.30. The number of nitrogens with zero attached hydrogens (tertiary/aromatic N) is 2. The molecule has 0 amide bonds. The third-order valence-electron chi connectivity index (χ3n) is 4.57. The van der Waals surface area contributed by atoms with Crippen molar-refractivity contribution >= 4 is 53.2 Å². The minimum Gasteiger partial charge on any atom is -0.871 e. The molecule has 1 N–H and O–H groups in total. The van der Waals surface area contributed by atoms with E-state index < -0.39 is 30.0 Å². The Kier molecular flexibility index (Phi) is 6.38. The Balaban J connectivity index is 0.00000289. The molecule has 0 atom stereocenters. The van der Waals surface area contributed by atoms with Crippen LogP contribution in [0.15, 0.2) is 86.7 Å². The van der Waals surface area contributed by atoms with Crippen molar-refractivity contribution < 1.29 is 48.1 Å². The predicted octanol–water partition coefficient (Wildman–Crippen LogP) is 3.63. The first-order chi connectivity index (χ1) is 14.5. The van der Waals surface area contributed by atoms with Gasteiger partial charge in [0.15, 0.2) is 0 Å². The molecular formula is C20H12MnN2O7S2. The van der Waals surface area contributed by atoms with Crippen molar-refractivity contribution in [1.29, 1.82) is 0 Å². The number of azo groups is 1. The molecule has 0 aromatic heterocycles. The van der Waals surface area contributed by atoms with Gasteiger partial charge in [0.2, 0.25) is 0 Å². The van der Waals surface area contributed by atoms with Crippen molar-refractivity contribution in [1.82, 2.24) is 0 Å². The molecule has 32 heavy (non-hydrogen) atoms. The maximum Gasteiger partial charge on any atom is 2.00 e. The summed E-state index contributed by atoms with van der Waals surface area (Å²) in [6, 6.07) is 15.4. The van der Waals surface area contributed by atoms with E-state index in [2.05, 4.69) is 10.2 Å². The Bertz CT molecular complexity index is 1600. The molecule has 4 aromatic rings. The summed E-state index contributed by atoms with van der Waals surface area (Å²) in [6.45, 7) is 0. The number of hydrogen-bond donors (Lipinski definition) is 1. The predicted molar refractivity (Wildman–Crippen MR) is 109 cm³/mol. The monoisotopic (exact) mass is 511 g/mol. The maximum atomic E-state index is 12.2. The number of hydrogen-bond acceptors (Lipinski definition) is 8. The van der Waals surface area contributed by atoms with E-state index in [0.717, 1.165) is 23.6 Å². The molecule has 0 heterocycles. The Morgan fingerprint density at radius 1 is 0.781 bits per heavy atom. The fraction of sp³-hybridized carbons (Fsp3) is 0. The van der Waals surface area contributed by atoms with E-state index in [-0.39, 0.29) is 45.0 Å². The van der Waals surface area contributed by atoms with Crippen molar-refractivity contribution in [2.45, 2.75) is 9.79 Å². The Hall–Kier alpha value is -2.86. The molecule has 0 spiro atoms. The second-order valence-corrected chi connectivity index (χ2v) is 9.36. The number of fused-ring (bicyclic) bond motifs is 2.